The van der Waals surface area contributed by atoms with E-state index >= 15 is 0 Å². The van der Waals surface area contributed by atoms with Crippen molar-refractivity contribution in [1.82, 2.24) is 10.2 Å². The van der Waals surface area contributed by atoms with Gasteiger partial charge in [-0.25, -0.2) is 8.42 Å². The molecule has 7 heteroatoms. The van der Waals surface area contributed by atoms with Crippen molar-refractivity contribution in [1.29, 1.82) is 0 Å². The van der Waals surface area contributed by atoms with Crippen LogP contribution in [0, 0.1) is 0 Å². The molecule has 0 unspecified atom stereocenters. The molecule has 1 N–H and O–H groups in total. The number of nitrogens with zero attached hydrogens (tertiary/aromatic N) is 1. The lowest BCUT2D eigenvalue weighted by Gasteiger charge is -2.36. The molecular weight excluding hydrogens is 312 g/mol. The van der Waals surface area contributed by atoms with Crippen molar-refractivity contribution in [3.8, 4) is 0 Å². The first-order valence-corrected chi connectivity index (χ1v) is 9.00. The highest BCUT2D eigenvalue weighted by Crippen LogP contribution is 2.23. The van der Waals surface area contributed by atoms with Crippen LogP contribution in [0.3, 0.4) is 0 Å². The van der Waals surface area contributed by atoms with Crippen molar-refractivity contribution in [3.63, 3.8) is 0 Å². The van der Waals surface area contributed by atoms with E-state index in [1.807, 2.05) is 13.8 Å². The van der Waals surface area contributed by atoms with Crippen LogP contribution < -0.4 is 5.32 Å². The smallest absolute Gasteiger partial charge is 0.255 e. The molecule has 0 saturated carbocycles. The first-order chi connectivity index (χ1) is 9.68. The van der Waals surface area contributed by atoms with Gasteiger partial charge in [0.2, 0.25) is 0 Å². The molecule has 1 aliphatic heterocycles. The number of halogens is 1. The van der Waals surface area contributed by atoms with Gasteiger partial charge in [-0.2, -0.15) is 0 Å². The van der Waals surface area contributed by atoms with E-state index in [-0.39, 0.29) is 33.5 Å². The fraction of sp³-hybridized carbons (Fsp3) is 0.500. The average molecular weight is 331 g/mol. The highest BCUT2D eigenvalue weighted by molar-refractivity contribution is 7.90. The lowest BCUT2D eigenvalue weighted by atomic mass is 10.1. The van der Waals surface area contributed by atoms with Gasteiger partial charge in [0, 0.05) is 31.4 Å². The van der Waals surface area contributed by atoms with Gasteiger partial charge < -0.3 is 10.2 Å². The molecule has 21 heavy (non-hydrogen) atoms. The van der Waals surface area contributed by atoms with Crippen LogP contribution in [0.5, 0.6) is 0 Å². The van der Waals surface area contributed by atoms with Gasteiger partial charge in [-0.15, -0.1) is 0 Å². The zero-order chi connectivity index (χ0) is 15.8. The molecule has 0 radical (unpaired) electrons. The molecule has 1 saturated heterocycles. The summed E-state index contributed by atoms with van der Waals surface area (Å²) in [5.74, 6) is -0.231. The summed E-state index contributed by atoms with van der Waals surface area (Å²) in [6.07, 6.45) is 1.11. The number of piperazine rings is 1. The minimum Gasteiger partial charge on any atom is -0.335 e. The Balaban J connectivity index is 2.34. The molecule has 2 rings (SSSR count). The first kappa shape index (κ1) is 16.3. The van der Waals surface area contributed by atoms with Crippen molar-refractivity contribution in [2.75, 3.05) is 19.3 Å². The van der Waals surface area contributed by atoms with E-state index in [1.165, 1.54) is 18.2 Å². The van der Waals surface area contributed by atoms with E-state index in [0.29, 0.717) is 13.1 Å². The zero-order valence-electron chi connectivity index (χ0n) is 12.3. The summed E-state index contributed by atoms with van der Waals surface area (Å²) in [6.45, 7) is 5.15. The molecule has 0 aliphatic carbocycles. The number of sulfone groups is 1. The predicted molar refractivity (Wildman–Crippen MR) is 82.5 cm³/mol. The Labute approximate surface area is 130 Å². The summed E-state index contributed by atoms with van der Waals surface area (Å²) in [5.41, 5.74) is 0.237. The molecule has 116 valence electrons. The lowest BCUT2D eigenvalue weighted by Crippen LogP contribution is -2.55. The number of carbonyl (C=O) groups is 1. The molecule has 1 fully saturated rings. The van der Waals surface area contributed by atoms with Crippen molar-refractivity contribution in [2.24, 2.45) is 0 Å². The molecular formula is C14H19ClN2O3S. The Morgan fingerprint density at radius 3 is 2.38 bits per heavy atom. The van der Waals surface area contributed by atoms with Gasteiger partial charge >= 0.3 is 0 Å². The SMILES string of the molecule is C[C@H]1CN(C(=O)c2cc(S(C)(=O)=O)ccc2Cl)C[C@H](C)N1. The average Bonchev–Trinajstić information content (AvgIpc) is 2.36. The van der Waals surface area contributed by atoms with Gasteiger partial charge in [0.15, 0.2) is 9.84 Å². The molecule has 0 bridgehead atoms. The third-order valence-electron chi connectivity index (χ3n) is 3.44. The van der Waals surface area contributed by atoms with Crippen LogP contribution in [0.1, 0.15) is 24.2 Å². The van der Waals surface area contributed by atoms with E-state index < -0.39 is 9.84 Å². The first-order valence-electron chi connectivity index (χ1n) is 6.73. The normalized spacial score (nSPS) is 23.1. The largest absolute Gasteiger partial charge is 0.335 e. The number of nitrogens with one attached hydrogen (secondary N) is 1. The summed E-state index contributed by atoms with van der Waals surface area (Å²) in [6, 6.07) is 4.61. The summed E-state index contributed by atoms with van der Waals surface area (Å²) >= 11 is 6.08. The second-order valence-corrected chi connectivity index (χ2v) is 8.02. The maximum atomic E-state index is 12.6. The molecule has 1 amide bonds. The maximum absolute atomic E-state index is 12.6. The fourth-order valence-electron chi connectivity index (χ4n) is 2.56. The Bertz CT molecular complexity index is 650. The number of rotatable bonds is 2. The third-order valence-corrected chi connectivity index (χ3v) is 4.88. The van der Waals surface area contributed by atoms with E-state index in [4.69, 9.17) is 11.6 Å². The molecule has 1 heterocycles. The number of amides is 1. The molecule has 0 spiro atoms. The summed E-state index contributed by atoms with van der Waals surface area (Å²) in [7, 11) is -3.37. The van der Waals surface area contributed by atoms with Crippen molar-refractivity contribution < 1.29 is 13.2 Å². The number of hydrogen-bond acceptors (Lipinski definition) is 4. The van der Waals surface area contributed by atoms with Gasteiger partial charge in [0.1, 0.15) is 0 Å². The zero-order valence-corrected chi connectivity index (χ0v) is 13.8. The Hall–Kier alpha value is -1.11. The molecule has 5 nitrogen and oxygen atoms in total. The predicted octanol–water partition coefficient (Wildman–Crippen LogP) is 1.57. The minimum absolute atomic E-state index is 0.103. The Morgan fingerprint density at radius 1 is 1.29 bits per heavy atom. The summed E-state index contributed by atoms with van der Waals surface area (Å²) < 4.78 is 23.2. The van der Waals surface area contributed by atoms with Crippen molar-refractivity contribution >= 4 is 27.3 Å². The fourth-order valence-corrected chi connectivity index (χ4v) is 3.41. The van der Waals surface area contributed by atoms with Crippen LogP contribution >= 0.6 is 11.6 Å². The van der Waals surface area contributed by atoms with E-state index in [0.717, 1.165) is 6.26 Å². The summed E-state index contributed by atoms with van der Waals surface area (Å²) in [5, 5.41) is 3.61. The van der Waals surface area contributed by atoms with Gasteiger partial charge in [0.25, 0.3) is 5.91 Å². The quantitative estimate of drug-likeness (QED) is 0.893. The van der Waals surface area contributed by atoms with Crippen LogP contribution in [-0.2, 0) is 9.84 Å². The number of hydrogen-bond donors (Lipinski definition) is 1. The minimum atomic E-state index is -3.37. The highest BCUT2D eigenvalue weighted by atomic mass is 35.5. The molecule has 1 aliphatic rings. The monoisotopic (exact) mass is 330 g/mol. The van der Waals surface area contributed by atoms with Gasteiger partial charge in [0.05, 0.1) is 15.5 Å². The van der Waals surface area contributed by atoms with Gasteiger partial charge in [-0.05, 0) is 32.0 Å². The van der Waals surface area contributed by atoms with E-state index in [1.54, 1.807) is 4.90 Å². The second kappa shape index (κ2) is 5.94. The number of carbonyl (C=O) groups excluding carboxylic acids is 1. The second-order valence-electron chi connectivity index (χ2n) is 5.59. The van der Waals surface area contributed by atoms with Crippen LogP contribution in [0.4, 0.5) is 0 Å². The van der Waals surface area contributed by atoms with Crippen molar-refractivity contribution in [2.45, 2.75) is 30.8 Å². The topological polar surface area (TPSA) is 66.5 Å². The van der Waals surface area contributed by atoms with Crippen LogP contribution in [-0.4, -0.2) is 50.7 Å². The van der Waals surface area contributed by atoms with Gasteiger partial charge in [-0.3, -0.25) is 4.79 Å². The standard InChI is InChI=1S/C14H19ClN2O3S/c1-9-7-17(8-10(2)16-9)14(18)12-6-11(21(3,19)20)4-5-13(12)15/h4-6,9-10,16H,7-8H2,1-3H3/t9-,10-/m0/s1. The maximum Gasteiger partial charge on any atom is 0.255 e. The van der Waals surface area contributed by atoms with E-state index in [2.05, 4.69) is 5.32 Å². The third kappa shape index (κ3) is 3.75. The van der Waals surface area contributed by atoms with Crippen LogP contribution in [0.15, 0.2) is 23.1 Å². The van der Waals surface area contributed by atoms with Gasteiger partial charge in [-0.1, -0.05) is 11.6 Å². The molecule has 2 atom stereocenters. The molecule has 0 aromatic heterocycles. The Kier molecular flexibility index (Phi) is 4.60. The van der Waals surface area contributed by atoms with Crippen molar-refractivity contribution in [3.05, 3.63) is 28.8 Å². The van der Waals surface area contributed by atoms with Crippen LogP contribution in [0.2, 0.25) is 5.02 Å². The number of benzene rings is 1. The Morgan fingerprint density at radius 2 is 1.86 bits per heavy atom. The van der Waals surface area contributed by atoms with Crippen LogP contribution in [0.25, 0.3) is 0 Å². The summed E-state index contributed by atoms with van der Waals surface area (Å²) in [4.78, 5) is 14.4. The highest BCUT2D eigenvalue weighted by Gasteiger charge is 2.27. The molecule has 1 aromatic carbocycles. The lowest BCUT2D eigenvalue weighted by molar-refractivity contribution is 0.0673. The molecule has 1 aromatic rings. The van der Waals surface area contributed by atoms with E-state index in [9.17, 15) is 13.2 Å².